The fourth-order valence-corrected chi connectivity index (χ4v) is 2.86. The van der Waals surface area contributed by atoms with Gasteiger partial charge in [0.15, 0.2) is 18.4 Å². The Morgan fingerprint density at radius 1 is 0.950 bits per heavy atom. The highest BCUT2D eigenvalue weighted by Gasteiger charge is 2.24. The molecule has 0 radical (unpaired) electrons. The zero-order valence-corrected chi connectivity index (χ0v) is 11.7. The smallest absolute Gasteiger partial charge is 0.194 e. The lowest BCUT2D eigenvalue weighted by atomic mass is 9.94. The van der Waals surface area contributed by atoms with Crippen LogP contribution in [-0.2, 0) is 13.0 Å². The summed E-state index contributed by atoms with van der Waals surface area (Å²) in [5.41, 5.74) is 6.64. The summed E-state index contributed by atoms with van der Waals surface area (Å²) in [5, 5.41) is 0. The van der Waals surface area contributed by atoms with Crippen LogP contribution in [0.5, 0.6) is 0 Å². The number of nitrogens with zero attached hydrogens (tertiary/aromatic N) is 1. The van der Waals surface area contributed by atoms with Crippen molar-refractivity contribution in [3.8, 4) is 11.1 Å². The molecular formula is C17H14ClNO. The molecule has 1 aliphatic heterocycles. The summed E-state index contributed by atoms with van der Waals surface area (Å²) < 4.78 is 7.56. The Hall–Kier alpha value is -2.06. The number of hydrogen-bond donors (Lipinski definition) is 0. The molecule has 0 bridgehead atoms. The van der Waals surface area contributed by atoms with Gasteiger partial charge in [-0.25, -0.2) is 0 Å². The predicted molar refractivity (Wildman–Crippen MR) is 72.7 cm³/mol. The maximum absolute atomic E-state index is 5.22. The van der Waals surface area contributed by atoms with Crippen LogP contribution < -0.4 is 17.0 Å². The van der Waals surface area contributed by atoms with Crippen molar-refractivity contribution in [1.82, 2.24) is 0 Å². The topological polar surface area (TPSA) is 17.0 Å². The minimum absolute atomic E-state index is 0. The Balaban J connectivity index is 0.00000121. The van der Waals surface area contributed by atoms with E-state index in [1.54, 1.807) is 6.26 Å². The van der Waals surface area contributed by atoms with E-state index in [0.29, 0.717) is 0 Å². The molecule has 0 saturated heterocycles. The van der Waals surface area contributed by atoms with E-state index in [1.165, 1.54) is 22.4 Å². The Labute approximate surface area is 124 Å². The highest BCUT2D eigenvalue weighted by Crippen LogP contribution is 2.27. The molecule has 0 fully saturated rings. The SMILES string of the molecule is [Cl-].c1ccc2c(c1)Cc1c(-c3ccoc3)ccc[n+]1C2. The molecule has 0 N–H and O–H groups in total. The zero-order valence-electron chi connectivity index (χ0n) is 10.9. The summed E-state index contributed by atoms with van der Waals surface area (Å²) in [5.74, 6) is 0. The Bertz CT molecular complexity index is 735. The summed E-state index contributed by atoms with van der Waals surface area (Å²) in [6.07, 6.45) is 6.69. The second-order valence-corrected chi connectivity index (χ2v) is 4.95. The van der Waals surface area contributed by atoms with Gasteiger partial charge in [0.25, 0.3) is 0 Å². The molecule has 0 saturated carbocycles. The van der Waals surface area contributed by atoms with E-state index in [-0.39, 0.29) is 12.4 Å². The van der Waals surface area contributed by atoms with Gasteiger partial charge in [-0.15, -0.1) is 0 Å². The van der Waals surface area contributed by atoms with Gasteiger partial charge < -0.3 is 16.8 Å². The number of benzene rings is 1. The van der Waals surface area contributed by atoms with Crippen molar-refractivity contribution in [3.63, 3.8) is 0 Å². The number of fused-ring (bicyclic) bond motifs is 2. The summed E-state index contributed by atoms with van der Waals surface area (Å²) in [4.78, 5) is 0. The van der Waals surface area contributed by atoms with Crippen LogP contribution in [0.3, 0.4) is 0 Å². The number of pyridine rings is 1. The normalized spacial score (nSPS) is 12.2. The van der Waals surface area contributed by atoms with E-state index in [1.807, 2.05) is 12.3 Å². The number of furan rings is 1. The van der Waals surface area contributed by atoms with E-state index in [9.17, 15) is 0 Å². The van der Waals surface area contributed by atoms with Gasteiger partial charge in [0.2, 0.25) is 0 Å². The van der Waals surface area contributed by atoms with Crippen molar-refractivity contribution in [2.45, 2.75) is 13.0 Å². The maximum Gasteiger partial charge on any atom is 0.194 e. The number of rotatable bonds is 1. The van der Waals surface area contributed by atoms with Crippen molar-refractivity contribution < 1.29 is 21.4 Å². The van der Waals surface area contributed by atoms with Gasteiger partial charge >= 0.3 is 0 Å². The van der Waals surface area contributed by atoms with Crippen LogP contribution in [0.15, 0.2) is 65.6 Å². The molecule has 2 aromatic heterocycles. The first-order valence-corrected chi connectivity index (χ1v) is 6.52. The van der Waals surface area contributed by atoms with E-state index in [0.717, 1.165) is 18.5 Å². The zero-order chi connectivity index (χ0) is 12.7. The lowest BCUT2D eigenvalue weighted by Gasteiger charge is -2.16. The minimum Gasteiger partial charge on any atom is -1.00 e. The van der Waals surface area contributed by atoms with Crippen LogP contribution in [0.4, 0.5) is 0 Å². The van der Waals surface area contributed by atoms with Crippen molar-refractivity contribution in [1.29, 1.82) is 0 Å². The van der Waals surface area contributed by atoms with Crippen molar-refractivity contribution in [2.24, 2.45) is 0 Å². The van der Waals surface area contributed by atoms with E-state index < -0.39 is 0 Å². The first-order valence-electron chi connectivity index (χ1n) is 6.52. The van der Waals surface area contributed by atoms with Crippen molar-refractivity contribution in [2.75, 3.05) is 0 Å². The molecule has 0 amide bonds. The summed E-state index contributed by atoms with van der Waals surface area (Å²) in [6, 6.07) is 15.0. The lowest BCUT2D eigenvalue weighted by Crippen LogP contribution is -3.00. The average Bonchev–Trinajstić information content (AvgIpc) is 2.98. The standard InChI is InChI=1S/C17H14NO.ClH/c1-2-5-14-11-18-8-3-6-16(15-7-9-19-12-15)17(18)10-13(14)4-1;/h1-9,12H,10-11H2;1H/q+1;/p-1. The lowest BCUT2D eigenvalue weighted by molar-refractivity contribution is -0.697. The molecule has 100 valence electrons. The van der Waals surface area contributed by atoms with E-state index in [2.05, 4.69) is 47.2 Å². The third kappa shape index (κ3) is 2.02. The van der Waals surface area contributed by atoms with Crippen LogP contribution in [0, 0.1) is 0 Å². The molecule has 20 heavy (non-hydrogen) atoms. The molecule has 1 aromatic carbocycles. The molecule has 3 heterocycles. The van der Waals surface area contributed by atoms with Gasteiger partial charge in [0.05, 0.1) is 24.5 Å². The second kappa shape index (κ2) is 5.14. The molecule has 3 heteroatoms. The van der Waals surface area contributed by atoms with Crippen LogP contribution >= 0.6 is 0 Å². The molecule has 1 aliphatic rings. The van der Waals surface area contributed by atoms with Gasteiger partial charge in [-0.2, -0.15) is 4.57 Å². The van der Waals surface area contributed by atoms with Crippen LogP contribution in [0.2, 0.25) is 0 Å². The average molecular weight is 284 g/mol. The Morgan fingerprint density at radius 2 is 1.80 bits per heavy atom. The molecule has 0 aliphatic carbocycles. The van der Waals surface area contributed by atoms with Crippen molar-refractivity contribution >= 4 is 0 Å². The van der Waals surface area contributed by atoms with Gasteiger partial charge in [-0.3, -0.25) is 0 Å². The summed E-state index contributed by atoms with van der Waals surface area (Å²) in [7, 11) is 0. The maximum atomic E-state index is 5.22. The summed E-state index contributed by atoms with van der Waals surface area (Å²) in [6.45, 7) is 0.956. The van der Waals surface area contributed by atoms with Gasteiger partial charge in [0.1, 0.15) is 0 Å². The van der Waals surface area contributed by atoms with Crippen LogP contribution in [-0.4, -0.2) is 0 Å². The molecule has 4 rings (SSSR count). The predicted octanol–water partition coefficient (Wildman–Crippen LogP) is 0.191. The summed E-state index contributed by atoms with van der Waals surface area (Å²) >= 11 is 0. The Morgan fingerprint density at radius 3 is 2.60 bits per heavy atom. The fraction of sp³-hybridized carbons (Fsp3) is 0.118. The molecule has 0 spiro atoms. The molecule has 3 aromatic rings. The van der Waals surface area contributed by atoms with Crippen LogP contribution in [0.1, 0.15) is 16.8 Å². The number of halogens is 1. The molecule has 0 atom stereocenters. The fourth-order valence-electron chi connectivity index (χ4n) is 2.86. The highest BCUT2D eigenvalue weighted by molar-refractivity contribution is 5.64. The monoisotopic (exact) mass is 283 g/mol. The molecule has 2 nitrogen and oxygen atoms in total. The van der Waals surface area contributed by atoms with Gasteiger partial charge in [-0.1, -0.05) is 24.3 Å². The Kier molecular flexibility index (Phi) is 3.33. The van der Waals surface area contributed by atoms with Gasteiger partial charge in [0, 0.05) is 17.2 Å². The van der Waals surface area contributed by atoms with Crippen LogP contribution in [0.25, 0.3) is 11.1 Å². The quantitative estimate of drug-likeness (QED) is 0.456. The number of hydrogen-bond acceptors (Lipinski definition) is 1. The molecule has 0 unspecified atom stereocenters. The molecular weight excluding hydrogens is 270 g/mol. The van der Waals surface area contributed by atoms with Crippen molar-refractivity contribution in [3.05, 3.63) is 78.0 Å². The minimum atomic E-state index is 0. The van der Waals surface area contributed by atoms with E-state index >= 15 is 0 Å². The third-order valence-electron chi connectivity index (χ3n) is 3.84. The van der Waals surface area contributed by atoms with E-state index in [4.69, 9.17) is 4.42 Å². The second-order valence-electron chi connectivity index (χ2n) is 4.95. The van der Waals surface area contributed by atoms with Gasteiger partial charge in [-0.05, 0) is 17.7 Å². The highest BCUT2D eigenvalue weighted by atomic mass is 35.5. The largest absolute Gasteiger partial charge is 1.00 e. The first kappa shape index (κ1) is 12.9. The number of aromatic nitrogens is 1. The first-order chi connectivity index (χ1) is 9.42. The third-order valence-corrected chi connectivity index (χ3v) is 3.84.